The van der Waals surface area contributed by atoms with Crippen LogP contribution in [0.3, 0.4) is 0 Å². The van der Waals surface area contributed by atoms with E-state index in [9.17, 15) is 20.0 Å². The van der Waals surface area contributed by atoms with E-state index in [1.54, 1.807) is 0 Å². The van der Waals surface area contributed by atoms with Crippen LogP contribution in [0.5, 0.6) is 11.6 Å². The molecule has 1 aromatic carbocycles. The minimum atomic E-state index is -1.47. The second kappa shape index (κ2) is 4.47. The average molecular weight is 290 g/mol. The van der Waals surface area contributed by atoms with Gasteiger partial charge in [0, 0.05) is 0 Å². The summed E-state index contributed by atoms with van der Waals surface area (Å²) in [6.07, 6.45) is -1.47. The molecule has 0 amide bonds. The lowest BCUT2D eigenvalue weighted by Crippen LogP contribution is -2.30. The maximum absolute atomic E-state index is 12.0. The first-order chi connectivity index (χ1) is 9.97. The van der Waals surface area contributed by atoms with Crippen molar-refractivity contribution < 1.29 is 14.8 Å². The molecule has 21 heavy (non-hydrogen) atoms. The van der Waals surface area contributed by atoms with Crippen LogP contribution in [0.2, 0.25) is 0 Å². The molecule has 0 saturated carbocycles. The Balaban J connectivity index is 2.19. The van der Waals surface area contributed by atoms with E-state index >= 15 is 0 Å². The number of rotatable bonds is 2. The normalized spacial score (nSPS) is 19.8. The predicted molar refractivity (Wildman–Crippen MR) is 70.6 cm³/mol. The van der Waals surface area contributed by atoms with Gasteiger partial charge in [0.2, 0.25) is 11.8 Å². The lowest BCUT2D eigenvalue weighted by atomic mass is 9.93. The smallest absolute Gasteiger partial charge is 0.366 e. The number of hydrogen-bond donors (Lipinski definition) is 3. The van der Waals surface area contributed by atoms with Gasteiger partial charge in [-0.3, -0.25) is 19.9 Å². The Labute approximate surface area is 117 Å². The average Bonchev–Trinajstić information content (AvgIpc) is 2.79. The number of nitrogens with zero attached hydrogens (tertiary/aromatic N) is 2. The number of nitro groups is 1. The molecule has 0 bridgehead atoms. The van der Waals surface area contributed by atoms with Gasteiger partial charge in [-0.05, 0) is 17.7 Å². The molecule has 2 atom stereocenters. The molecule has 9 nitrogen and oxygen atoms in total. The third kappa shape index (κ3) is 2.04. The Bertz CT molecular complexity index is 770. The number of anilines is 1. The highest BCUT2D eigenvalue weighted by Crippen LogP contribution is 2.39. The standard InChI is InChI=1S/C12H10N4O5/c13-12-14-9(18)8-7(5-1-3-6(17)4-2-5)11(16(19)20)21-10(8)15-12/h1-4,7,11,17H,(H3,13,14,15,18)/t7-,11-/m1/s1. The van der Waals surface area contributed by atoms with Crippen molar-refractivity contribution in [1.82, 2.24) is 9.97 Å². The summed E-state index contributed by atoms with van der Waals surface area (Å²) < 4.78 is 5.15. The SMILES string of the molecule is Nc1nc2c(c(=O)[nH]1)[C@@H](c1ccc(O)cc1)[C@H]([N+](=O)[O-])O2. The van der Waals surface area contributed by atoms with Crippen molar-refractivity contribution in [3.05, 3.63) is 55.9 Å². The largest absolute Gasteiger partial charge is 0.508 e. The van der Waals surface area contributed by atoms with Crippen LogP contribution in [0.4, 0.5) is 5.95 Å². The van der Waals surface area contributed by atoms with Crippen LogP contribution in [-0.2, 0) is 0 Å². The lowest BCUT2D eigenvalue weighted by molar-refractivity contribution is -0.562. The molecule has 9 heteroatoms. The molecular weight excluding hydrogens is 280 g/mol. The summed E-state index contributed by atoms with van der Waals surface area (Å²) in [5, 5.41) is 20.5. The van der Waals surface area contributed by atoms with Crippen LogP contribution in [0, 0.1) is 10.1 Å². The second-order valence-electron chi connectivity index (χ2n) is 4.53. The maximum atomic E-state index is 12.0. The molecule has 3 rings (SSSR count). The number of fused-ring (bicyclic) bond motifs is 1. The highest BCUT2D eigenvalue weighted by Gasteiger charge is 2.47. The van der Waals surface area contributed by atoms with Crippen molar-refractivity contribution in [1.29, 1.82) is 0 Å². The number of nitrogens with one attached hydrogen (secondary N) is 1. The second-order valence-corrected chi connectivity index (χ2v) is 4.53. The molecule has 0 spiro atoms. The molecule has 1 aromatic heterocycles. The van der Waals surface area contributed by atoms with Gasteiger partial charge in [0.25, 0.3) is 5.56 Å². The Morgan fingerprint density at radius 2 is 2.05 bits per heavy atom. The minimum absolute atomic E-state index is 0.0138. The number of benzene rings is 1. The van der Waals surface area contributed by atoms with Gasteiger partial charge in [0.05, 0.1) is 10.5 Å². The van der Waals surface area contributed by atoms with E-state index in [1.165, 1.54) is 24.3 Å². The molecule has 2 aromatic rings. The Hall–Kier alpha value is -3.10. The van der Waals surface area contributed by atoms with Crippen LogP contribution in [-0.4, -0.2) is 26.2 Å². The van der Waals surface area contributed by atoms with Crippen LogP contribution in [0.25, 0.3) is 0 Å². The fraction of sp³-hybridized carbons (Fsp3) is 0.167. The van der Waals surface area contributed by atoms with Gasteiger partial charge < -0.3 is 15.6 Å². The topological polar surface area (TPSA) is 144 Å². The van der Waals surface area contributed by atoms with Crippen molar-refractivity contribution in [2.75, 3.05) is 5.73 Å². The number of aromatic hydroxyl groups is 1. The number of phenols is 1. The first-order valence-corrected chi connectivity index (χ1v) is 5.96. The number of hydrogen-bond acceptors (Lipinski definition) is 7. The molecule has 108 valence electrons. The summed E-state index contributed by atoms with van der Waals surface area (Å²) in [6.45, 7) is 0. The van der Waals surface area contributed by atoms with E-state index < -0.39 is 22.6 Å². The minimum Gasteiger partial charge on any atom is -0.508 e. The Kier molecular flexibility index (Phi) is 2.75. The summed E-state index contributed by atoms with van der Waals surface area (Å²) >= 11 is 0. The Morgan fingerprint density at radius 3 is 2.67 bits per heavy atom. The number of phenolic OH excluding ortho intramolecular Hbond substituents is 1. The lowest BCUT2D eigenvalue weighted by Gasteiger charge is -2.11. The van der Waals surface area contributed by atoms with Crippen LogP contribution >= 0.6 is 0 Å². The van der Waals surface area contributed by atoms with E-state index in [0.29, 0.717) is 5.56 Å². The van der Waals surface area contributed by atoms with Gasteiger partial charge in [-0.1, -0.05) is 12.1 Å². The zero-order chi connectivity index (χ0) is 15.1. The summed E-state index contributed by atoms with van der Waals surface area (Å²) in [5.41, 5.74) is 5.34. The monoisotopic (exact) mass is 290 g/mol. The van der Waals surface area contributed by atoms with E-state index in [2.05, 4.69) is 9.97 Å². The van der Waals surface area contributed by atoms with Crippen molar-refractivity contribution in [2.45, 2.75) is 12.1 Å². The Morgan fingerprint density at radius 1 is 1.38 bits per heavy atom. The zero-order valence-electron chi connectivity index (χ0n) is 10.5. The molecular formula is C12H10N4O5. The number of H-pyrrole nitrogens is 1. The summed E-state index contributed by atoms with van der Waals surface area (Å²) in [4.78, 5) is 28.7. The first kappa shape index (κ1) is 12.9. The van der Waals surface area contributed by atoms with Gasteiger partial charge in [0.1, 0.15) is 11.7 Å². The fourth-order valence-electron chi connectivity index (χ4n) is 2.35. The van der Waals surface area contributed by atoms with Crippen molar-refractivity contribution in [3.63, 3.8) is 0 Å². The fourth-order valence-corrected chi connectivity index (χ4v) is 2.35. The van der Waals surface area contributed by atoms with E-state index in [1.807, 2.05) is 0 Å². The van der Waals surface area contributed by atoms with Gasteiger partial charge in [-0.25, -0.2) is 0 Å². The van der Waals surface area contributed by atoms with Gasteiger partial charge in [-0.2, -0.15) is 4.98 Å². The molecule has 0 aliphatic carbocycles. The molecule has 4 N–H and O–H groups in total. The van der Waals surface area contributed by atoms with Gasteiger partial charge in [-0.15, -0.1) is 0 Å². The van der Waals surface area contributed by atoms with Gasteiger partial charge >= 0.3 is 6.23 Å². The third-order valence-corrected chi connectivity index (χ3v) is 3.23. The molecule has 1 aliphatic rings. The number of aromatic nitrogens is 2. The summed E-state index contributed by atoms with van der Waals surface area (Å²) in [6, 6.07) is 5.74. The third-order valence-electron chi connectivity index (χ3n) is 3.23. The number of ether oxygens (including phenoxy) is 1. The molecule has 0 fully saturated rings. The van der Waals surface area contributed by atoms with Crippen LogP contribution < -0.4 is 16.0 Å². The molecule has 0 unspecified atom stereocenters. The van der Waals surface area contributed by atoms with Crippen molar-refractivity contribution in [2.24, 2.45) is 0 Å². The van der Waals surface area contributed by atoms with Gasteiger partial charge in [0.15, 0.2) is 0 Å². The van der Waals surface area contributed by atoms with Crippen molar-refractivity contribution in [3.8, 4) is 11.6 Å². The summed E-state index contributed by atoms with van der Waals surface area (Å²) in [5.74, 6) is -1.23. The predicted octanol–water partition coefficient (Wildman–Crippen LogP) is 0.185. The highest BCUT2D eigenvalue weighted by molar-refractivity contribution is 5.44. The number of nitrogens with two attached hydrogens (primary N) is 1. The van der Waals surface area contributed by atoms with Crippen molar-refractivity contribution >= 4 is 5.95 Å². The zero-order valence-corrected chi connectivity index (χ0v) is 10.5. The molecule has 0 radical (unpaired) electrons. The van der Waals surface area contributed by atoms with E-state index in [-0.39, 0.29) is 23.1 Å². The number of nitrogen functional groups attached to an aromatic ring is 1. The highest BCUT2D eigenvalue weighted by atomic mass is 16.7. The number of aromatic amines is 1. The quantitative estimate of drug-likeness (QED) is 0.528. The maximum Gasteiger partial charge on any atom is 0.366 e. The van der Waals surface area contributed by atoms with Crippen LogP contribution in [0.1, 0.15) is 17.0 Å². The molecule has 0 saturated heterocycles. The van der Waals surface area contributed by atoms with E-state index in [4.69, 9.17) is 10.5 Å². The first-order valence-electron chi connectivity index (χ1n) is 5.96. The molecule has 2 heterocycles. The van der Waals surface area contributed by atoms with Crippen LogP contribution in [0.15, 0.2) is 29.1 Å². The van der Waals surface area contributed by atoms with E-state index in [0.717, 1.165) is 0 Å². The summed E-state index contributed by atoms with van der Waals surface area (Å²) in [7, 11) is 0. The molecule has 1 aliphatic heterocycles.